The summed E-state index contributed by atoms with van der Waals surface area (Å²) >= 11 is 0. The number of sulfone groups is 1. The van der Waals surface area contributed by atoms with E-state index < -0.39 is 15.5 Å². The molecule has 0 spiro atoms. The zero-order chi connectivity index (χ0) is 21.3. The number of ether oxygens (including phenoxy) is 1. The molecule has 0 saturated carbocycles. The van der Waals surface area contributed by atoms with E-state index >= 15 is 0 Å². The van der Waals surface area contributed by atoms with Crippen molar-refractivity contribution < 1.29 is 17.6 Å². The van der Waals surface area contributed by atoms with Gasteiger partial charge < -0.3 is 9.15 Å². The van der Waals surface area contributed by atoms with Crippen LogP contribution in [0.4, 0.5) is 0 Å². The Balaban J connectivity index is 1.58. The summed E-state index contributed by atoms with van der Waals surface area (Å²) in [7, 11) is -3.58. The second-order valence-electron chi connectivity index (χ2n) is 7.10. The Hall–Kier alpha value is -3.38. The fourth-order valence-corrected chi connectivity index (χ4v) is 4.50. The molecule has 0 N–H and O–H groups in total. The van der Waals surface area contributed by atoms with E-state index in [1.165, 1.54) is 18.2 Å². The molecule has 3 aromatic carbocycles. The van der Waals surface area contributed by atoms with Gasteiger partial charge in [0.1, 0.15) is 17.9 Å². The third-order valence-electron chi connectivity index (χ3n) is 5.03. The summed E-state index contributed by atoms with van der Waals surface area (Å²) in [5.41, 5.74) is 2.93. The Morgan fingerprint density at radius 3 is 2.17 bits per heavy atom. The van der Waals surface area contributed by atoms with E-state index in [9.17, 15) is 13.2 Å². The first-order valence-corrected chi connectivity index (χ1v) is 10.9. The molecule has 0 unspecified atom stereocenters. The van der Waals surface area contributed by atoms with E-state index in [2.05, 4.69) is 0 Å². The quantitative estimate of drug-likeness (QED) is 0.433. The Morgan fingerprint density at radius 2 is 1.47 bits per heavy atom. The molecule has 0 radical (unpaired) electrons. The molecule has 0 fully saturated rings. The highest BCUT2D eigenvalue weighted by Gasteiger charge is 2.17. The number of fused-ring (bicyclic) bond motifs is 1. The van der Waals surface area contributed by atoms with Crippen LogP contribution in [-0.4, -0.2) is 8.42 Å². The molecule has 0 amide bonds. The third kappa shape index (κ3) is 3.86. The van der Waals surface area contributed by atoms with E-state index in [0.717, 1.165) is 16.5 Å². The fraction of sp³-hybridized carbons (Fsp3) is 0.125. The van der Waals surface area contributed by atoms with Gasteiger partial charge in [-0.05, 0) is 73.5 Å². The average molecular weight is 420 g/mol. The van der Waals surface area contributed by atoms with Crippen LogP contribution in [-0.2, 0) is 16.4 Å². The van der Waals surface area contributed by atoms with Crippen molar-refractivity contribution in [2.75, 3.05) is 0 Å². The van der Waals surface area contributed by atoms with Crippen LogP contribution >= 0.6 is 0 Å². The molecule has 30 heavy (non-hydrogen) atoms. The summed E-state index contributed by atoms with van der Waals surface area (Å²) in [4.78, 5) is 12.3. The van der Waals surface area contributed by atoms with Crippen molar-refractivity contribution >= 4 is 20.8 Å². The van der Waals surface area contributed by atoms with E-state index in [1.807, 2.05) is 26.0 Å². The minimum absolute atomic E-state index is 0.162. The van der Waals surface area contributed by atoms with Crippen molar-refractivity contribution in [3.05, 3.63) is 99.9 Å². The first-order chi connectivity index (χ1) is 14.3. The van der Waals surface area contributed by atoms with Crippen LogP contribution < -0.4 is 10.4 Å². The maximum absolute atomic E-state index is 12.7. The number of hydrogen-bond acceptors (Lipinski definition) is 5. The first-order valence-electron chi connectivity index (χ1n) is 9.41. The van der Waals surface area contributed by atoms with Gasteiger partial charge in [-0.2, -0.15) is 0 Å². The third-order valence-corrected chi connectivity index (χ3v) is 6.81. The molecule has 4 aromatic rings. The summed E-state index contributed by atoms with van der Waals surface area (Å²) in [6.07, 6.45) is 0. The molecule has 6 heteroatoms. The van der Waals surface area contributed by atoms with Gasteiger partial charge in [0.25, 0.3) is 0 Å². The highest BCUT2D eigenvalue weighted by atomic mass is 32.2. The number of aryl methyl sites for hydroxylation is 2. The summed E-state index contributed by atoms with van der Waals surface area (Å²) in [5.74, 6) is 0.507. The Kier molecular flexibility index (Phi) is 5.18. The van der Waals surface area contributed by atoms with E-state index in [1.54, 1.807) is 42.5 Å². The largest absolute Gasteiger partial charge is 0.489 e. The van der Waals surface area contributed by atoms with Gasteiger partial charge in [-0.15, -0.1) is 0 Å². The smallest absolute Gasteiger partial charge is 0.336 e. The molecular weight excluding hydrogens is 400 g/mol. The van der Waals surface area contributed by atoms with Crippen LogP contribution in [0.3, 0.4) is 0 Å². The normalized spacial score (nSPS) is 11.5. The topological polar surface area (TPSA) is 73.6 Å². The molecule has 0 saturated heterocycles. The van der Waals surface area contributed by atoms with Gasteiger partial charge >= 0.3 is 5.63 Å². The lowest BCUT2D eigenvalue weighted by molar-refractivity contribution is 0.306. The second-order valence-corrected chi connectivity index (χ2v) is 9.05. The van der Waals surface area contributed by atoms with Gasteiger partial charge in [0.2, 0.25) is 9.84 Å². The van der Waals surface area contributed by atoms with Crippen LogP contribution in [0.1, 0.15) is 16.7 Å². The van der Waals surface area contributed by atoms with Crippen molar-refractivity contribution in [1.82, 2.24) is 0 Å². The minimum atomic E-state index is -3.58. The number of rotatable bonds is 5. The summed E-state index contributed by atoms with van der Waals surface area (Å²) in [6.45, 7) is 4.12. The second kappa shape index (κ2) is 7.80. The maximum atomic E-state index is 12.7. The molecule has 5 nitrogen and oxygen atoms in total. The monoisotopic (exact) mass is 420 g/mol. The highest BCUT2D eigenvalue weighted by Crippen LogP contribution is 2.25. The number of benzene rings is 3. The molecule has 0 aliphatic rings. The predicted octanol–water partition coefficient (Wildman–Crippen LogP) is 4.82. The van der Waals surface area contributed by atoms with Gasteiger partial charge in [0, 0.05) is 17.0 Å². The molecule has 1 heterocycles. The van der Waals surface area contributed by atoms with Gasteiger partial charge in [-0.3, -0.25) is 0 Å². The molecule has 1 aromatic heterocycles. The average Bonchev–Trinajstić information content (AvgIpc) is 2.74. The van der Waals surface area contributed by atoms with Crippen molar-refractivity contribution in [3.8, 4) is 5.75 Å². The molecule has 0 aliphatic heterocycles. The van der Waals surface area contributed by atoms with Gasteiger partial charge in [-0.1, -0.05) is 18.2 Å². The molecule has 0 bridgehead atoms. The lowest BCUT2D eigenvalue weighted by Gasteiger charge is -2.11. The molecular formula is C24H20O5S. The van der Waals surface area contributed by atoms with Crippen molar-refractivity contribution in [2.24, 2.45) is 0 Å². The van der Waals surface area contributed by atoms with Crippen LogP contribution in [0.25, 0.3) is 11.0 Å². The van der Waals surface area contributed by atoms with E-state index in [4.69, 9.17) is 9.15 Å². The predicted molar refractivity (Wildman–Crippen MR) is 115 cm³/mol. The molecule has 4 rings (SSSR count). The highest BCUT2D eigenvalue weighted by molar-refractivity contribution is 7.91. The molecule has 0 atom stereocenters. The van der Waals surface area contributed by atoms with Gasteiger partial charge in [-0.25, -0.2) is 13.2 Å². The Labute approximate surface area is 174 Å². The zero-order valence-corrected chi connectivity index (χ0v) is 17.4. The lowest BCUT2D eigenvalue weighted by Crippen LogP contribution is -2.05. The molecule has 0 aliphatic carbocycles. The van der Waals surface area contributed by atoms with Crippen LogP contribution in [0.2, 0.25) is 0 Å². The lowest BCUT2D eigenvalue weighted by atomic mass is 10.0. The Bertz CT molecular complexity index is 1370. The Morgan fingerprint density at radius 1 is 0.833 bits per heavy atom. The van der Waals surface area contributed by atoms with Crippen molar-refractivity contribution in [1.29, 1.82) is 0 Å². The first kappa shape index (κ1) is 19.9. The standard InChI is InChI=1S/C24H20O5S/c1-16-12-22-18(14-24(25)29-23(22)13-17(16)2)15-28-19-8-10-21(11-9-19)30(26,27)20-6-4-3-5-7-20/h3-14H,15H2,1-2H3. The SMILES string of the molecule is Cc1cc2oc(=O)cc(COc3ccc(S(=O)(=O)c4ccccc4)cc3)c2cc1C. The maximum Gasteiger partial charge on any atom is 0.336 e. The van der Waals surface area contributed by atoms with Crippen LogP contribution in [0.15, 0.2) is 91.8 Å². The van der Waals surface area contributed by atoms with E-state index in [0.29, 0.717) is 16.9 Å². The minimum Gasteiger partial charge on any atom is -0.489 e. The summed E-state index contributed by atoms with van der Waals surface area (Å²) < 4.78 is 36.5. The fourth-order valence-electron chi connectivity index (χ4n) is 3.21. The summed E-state index contributed by atoms with van der Waals surface area (Å²) in [6, 6.07) is 19.8. The summed E-state index contributed by atoms with van der Waals surface area (Å²) in [5, 5.41) is 0.820. The van der Waals surface area contributed by atoms with Crippen molar-refractivity contribution in [3.63, 3.8) is 0 Å². The number of hydrogen-bond donors (Lipinski definition) is 0. The van der Waals surface area contributed by atoms with E-state index in [-0.39, 0.29) is 16.4 Å². The van der Waals surface area contributed by atoms with Gasteiger partial charge in [0.05, 0.1) is 9.79 Å². The van der Waals surface area contributed by atoms with Crippen molar-refractivity contribution in [2.45, 2.75) is 30.2 Å². The van der Waals surface area contributed by atoms with Crippen LogP contribution in [0.5, 0.6) is 5.75 Å². The zero-order valence-electron chi connectivity index (χ0n) is 16.6. The van der Waals surface area contributed by atoms with Crippen LogP contribution in [0, 0.1) is 13.8 Å². The molecule has 152 valence electrons. The van der Waals surface area contributed by atoms with Gasteiger partial charge in [0.15, 0.2) is 0 Å².